The Morgan fingerprint density at radius 2 is 2.31 bits per heavy atom. The van der Waals surface area contributed by atoms with E-state index in [0.717, 1.165) is 20.1 Å². The van der Waals surface area contributed by atoms with Gasteiger partial charge in [-0.1, -0.05) is 6.07 Å². The molecule has 0 atom stereocenters. The van der Waals surface area contributed by atoms with Gasteiger partial charge in [0.2, 0.25) is 0 Å². The number of aryl methyl sites for hydroxylation is 1. The molecule has 0 amide bonds. The standard InChI is InChI=1S/C10H11BrN4S/c1-15-10(13-6-14-15)16-9-3-2-7(5-12)4-8(9)11/h2-4,6H,5,12H2,1H3. The summed E-state index contributed by atoms with van der Waals surface area (Å²) in [4.78, 5) is 5.27. The van der Waals surface area contributed by atoms with Crippen LogP contribution in [0.15, 0.2) is 39.1 Å². The van der Waals surface area contributed by atoms with Gasteiger partial charge in [-0.15, -0.1) is 0 Å². The van der Waals surface area contributed by atoms with Gasteiger partial charge in [-0.3, -0.25) is 0 Å². The van der Waals surface area contributed by atoms with Crippen molar-refractivity contribution in [1.82, 2.24) is 14.8 Å². The van der Waals surface area contributed by atoms with E-state index in [4.69, 9.17) is 5.73 Å². The Hall–Kier alpha value is -0.850. The fourth-order valence-corrected chi connectivity index (χ4v) is 2.67. The monoisotopic (exact) mass is 298 g/mol. The van der Waals surface area contributed by atoms with Crippen LogP contribution < -0.4 is 5.73 Å². The molecule has 0 spiro atoms. The Kier molecular flexibility index (Phi) is 3.63. The number of nitrogens with zero attached hydrogens (tertiary/aromatic N) is 3. The minimum Gasteiger partial charge on any atom is -0.326 e. The van der Waals surface area contributed by atoms with Crippen LogP contribution in [0.4, 0.5) is 0 Å². The lowest BCUT2D eigenvalue weighted by Gasteiger charge is -2.05. The van der Waals surface area contributed by atoms with E-state index in [2.05, 4.69) is 26.0 Å². The van der Waals surface area contributed by atoms with Crippen molar-refractivity contribution in [2.45, 2.75) is 16.6 Å². The number of aromatic nitrogens is 3. The summed E-state index contributed by atoms with van der Waals surface area (Å²) < 4.78 is 2.77. The maximum Gasteiger partial charge on any atom is 0.190 e. The van der Waals surface area contributed by atoms with E-state index < -0.39 is 0 Å². The van der Waals surface area contributed by atoms with Crippen LogP contribution in [-0.4, -0.2) is 14.8 Å². The summed E-state index contributed by atoms with van der Waals surface area (Å²) in [6.07, 6.45) is 1.55. The molecular formula is C10H11BrN4S. The molecular weight excluding hydrogens is 288 g/mol. The second kappa shape index (κ2) is 4.99. The normalized spacial score (nSPS) is 10.7. The van der Waals surface area contributed by atoms with E-state index in [1.165, 1.54) is 0 Å². The van der Waals surface area contributed by atoms with Gasteiger partial charge >= 0.3 is 0 Å². The van der Waals surface area contributed by atoms with Crippen LogP contribution in [0.25, 0.3) is 0 Å². The van der Waals surface area contributed by atoms with Crippen LogP contribution in [0.2, 0.25) is 0 Å². The second-order valence-electron chi connectivity index (χ2n) is 3.24. The molecule has 0 aliphatic carbocycles. The van der Waals surface area contributed by atoms with Gasteiger partial charge in [0, 0.05) is 23.0 Å². The Labute approximate surface area is 106 Å². The molecule has 2 aromatic rings. The predicted molar refractivity (Wildman–Crippen MR) is 67.2 cm³/mol. The molecule has 4 nitrogen and oxygen atoms in total. The van der Waals surface area contributed by atoms with E-state index >= 15 is 0 Å². The van der Waals surface area contributed by atoms with E-state index in [0.29, 0.717) is 6.54 Å². The van der Waals surface area contributed by atoms with Gasteiger partial charge in [0.1, 0.15) is 6.33 Å². The van der Waals surface area contributed by atoms with Gasteiger partial charge in [-0.2, -0.15) is 5.10 Å². The molecule has 0 bridgehead atoms. The maximum atomic E-state index is 5.57. The van der Waals surface area contributed by atoms with Crippen molar-refractivity contribution < 1.29 is 0 Å². The van der Waals surface area contributed by atoms with E-state index in [9.17, 15) is 0 Å². The van der Waals surface area contributed by atoms with Crippen molar-refractivity contribution in [1.29, 1.82) is 0 Å². The first-order chi connectivity index (χ1) is 7.70. The Morgan fingerprint density at radius 1 is 1.50 bits per heavy atom. The Morgan fingerprint density at radius 3 is 2.88 bits per heavy atom. The lowest BCUT2D eigenvalue weighted by atomic mass is 10.2. The molecule has 1 heterocycles. The molecule has 1 aromatic heterocycles. The van der Waals surface area contributed by atoms with E-state index in [-0.39, 0.29) is 0 Å². The van der Waals surface area contributed by atoms with Crippen molar-refractivity contribution in [3.8, 4) is 0 Å². The third-order valence-electron chi connectivity index (χ3n) is 2.10. The van der Waals surface area contributed by atoms with Crippen LogP contribution in [-0.2, 0) is 13.6 Å². The molecule has 84 valence electrons. The fourth-order valence-electron chi connectivity index (χ4n) is 1.23. The molecule has 6 heteroatoms. The molecule has 1 aromatic carbocycles. The van der Waals surface area contributed by atoms with Gasteiger partial charge in [0.15, 0.2) is 5.16 Å². The minimum atomic E-state index is 0.549. The first-order valence-electron chi connectivity index (χ1n) is 4.71. The number of benzene rings is 1. The molecule has 0 saturated carbocycles. The first kappa shape index (κ1) is 11.6. The molecule has 0 unspecified atom stereocenters. The summed E-state index contributed by atoms with van der Waals surface area (Å²) >= 11 is 5.09. The molecule has 0 radical (unpaired) electrons. The average molecular weight is 299 g/mol. The average Bonchev–Trinajstić information content (AvgIpc) is 2.67. The van der Waals surface area contributed by atoms with Gasteiger partial charge < -0.3 is 5.73 Å². The highest BCUT2D eigenvalue weighted by Crippen LogP contribution is 2.32. The Balaban J connectivity index is 2.25. The van der Waals surface area contributed by atoms with Crippen molar-refractivity contribution in [3.05, 3.63) is 34.6 Å². The van der Waals surface area contributed by atoms with Crippen LogP contribution in [0.1, 0.15) is 5.56 Å². The van der Waals surface area contributed by atoms with Gasteiger partial charge in [0.05, 0.1) is 0 Å². The van der Waals surface area contributed by atoms with E-state index in [1.807, 2.05) is 25.2 Å². The van der Waals surface area contributed by atoms with Crippen LogP contribution >= 0.6 is 27.7 Å². The van der Waals surface area contributed by atoms with Gasteiger partial charge in [-0.05, 0) is 45.4 Å². The van der Waals surface area contributed by atoms with Crippen molar-refractivity contribution in [2.75, 3.05) is 0 Å². The third kappa shape index (κ3) is 2.45. The van der Waals surface area contributed by atoms with Crippen LogP contribution in [0.3, 0.4) is 0 Å². The zero-order valence-electron chi connectivity index (χ0n) is 8.72. The SMILES string of the molecule is Cn1ncnc1Sc1ccc(CN)cc1Br. The van der Waals surface area contributed by atoms with Crippen molar-refractivity contribution in [3.63, 3.8) is 0 Å². The van der Waals surface area contributed by atoms with Crippen LogP contribution in [0, 0.1) is 0 Å². The molecule has 16 heavy (non-hydrogen) atoms. The highest BCUT2D eigenvalue weighted by atomic mass is 79.9. The predicted octanol–water partition coefficient (Wildman–Crippen LogP) is 2.19. The number of halogens is 1. The summed E-state index contributed by atoms with van der Waals surface area (Å²) in [6.45, 7) is 0.549. The highest BCUT2D eigenvalue weighted by molar-refractivity contribution is 9.10. The third-order valence-corrected chi connectivity index (χ3v) is 4.15. The maximum absolute atomic E-state index is 5.57. The number of rotatable bonds is 3. The zero-order chi connectivity index (χ0) is 11.5. The number of nitrogens with two attached hydrogens (primary N) is 1. The fraction of sp³-hybridized carbons (Fsp3) is 0.200. The zero-order valence-corrected chi connectivity index (χ0v) is 11.1. The number of hydrogen-bond donors (Lipinski definition) is 1. The van der Waals surface area contributed by atoms with Gasteiger partial charge in [0.25, 0.3) is 0 Å². The molecule has 2 N–H and O–H groups in total. The lowest BCUT2D eigenvalue weighted by Crippen LogP contribution is -1.96. The summed E-state index contributed by atoms with van der Waals surface area (Å²) in [7, 11) is 1.87. The highest BCUT2D eigenvalue weighted by Gasteiger charge is 2.07. The largest absolute Gasteiger partial charge is 0.326 e. The lowest BCUT2D eigenvalue weighted by molar-refractivity contribution is 0.685. The molecule has 0 aliphatic heterocycles. The van der Waals surface area contributed by atoms with Gasteiger partial charge in [-0.25, -0.2) is 9.67 Å². The van der Waals surface area contributed by atoms with Crippen molar-refractivity contribution in [2.24, 2.45) is 12.8 Å². The molecule has 0 saturated heterocycles. The second-order valence-corrected chi connectivity index (χ2v) is 5.10. The summed E-state index contributed by atoms with van der Waals surface area (Å²) in [5, 5.41) is 4.89. The molecule has 0 aliphatic rings. The minimum absolute atomic E-state index is 0.549. The Bertz CT molecular complexity index is 497. The van der Waals surface area contributed by atoms with E-state index in [1.54, 1.807) is 22.8 Å². The molecule has 0 fully saturated rings. The summed E-state index contributed by atoms with van der Waals surface area (Å²) in [5.41, 5.74) is 6.68. The summed E-state index contributed by atoms with van der Waals surface area (Å²) in [6, 6.07) is 6.08. The smallest absolute Gasteiger partial charge is 0.190 e. The quantitative estimate of drug-likeness (QED) is 0.944. The van der Waals surface area contributed by atoms with Crippen LogP contribution in [0.5, 0.6) is 0 Å². The first-order valence-corrected chi connectivity index (χ1v) is 6.32. The summed E-state index contributed by atoms with van der Waals surface area (Å²) in [5.74, 6) is 0. The topological polar surface area (TPSA) is 56.7 Å². The van der Waals surface area contributed by atoms with Crippen molar-refractivity contribution >= 4 is 27.7 Å². The molecule has 2 rings (SSSR count). The number of hydrogen-bond acceptors (Lipinski definition) is 4.